The molecule has 1 aromatic heterocycles. The monoisotopic (exact) mass is 386 g/mol. The van der Waals surface area contributed by atoms with Gasteiger partial charge in [-0.3, -0.25) is 9.59 Å². The Morgan fingerprint density at radius 2 is 2.00 bits per heavy atom. The Kier molecular flexibility index (Phi) is 4.96. The van der Waals surface area contributed by atoms with Gasteiger partial charge in [0.25, 0.3) is 5.56 Å². The number of amides is 1. The van der Waals surface area contributed by atoms with E-state index in [-0.39, 0.29) is 23.4 Å². The van der Waals surface area contributed by atoms with Crippen molar-refractivity contribution in [1.82, 2.24) is 10.3 Å². The molecule has 1 amide bonds. The average Bonchev–Trinajstić information content (AvgIpc) is 3.42. The Balaban J connectivity index is 1.70. The number of carbonyl (C=O) groups is 1. The number of methoxy groups -OCH3 is 1. The van der Waals surface area contributed by atoms with Gasteiger partial charge in [-0.15, -0.1) is 0 Å². The molecule has 2 heterocycles. The molecule has 1 aromatic carbocycles. The lowest BCUT2D eigenvalue weighted by Gasteiger charge is -2.22. The molecule has 2 fully saturated rings. The highest BCUT2D eigenvalue weighted by molar-refractivity contribution is 6.32. The van der Waals surface area contributed by atoms with Crippen molar-refractivity contribution in [3.63, 3.8) is 0 Å². The molecular weight excluding hydrogens is 364 g/mol. The molecule has 0 bridgehead atoms. The average molecular weight is 387 g/mol. The fourth-order valence-corrected chi connectivity index (χ4v) is 4.09. The first kappa shape index (κ1) is 18.1. The summed E-state index contributed by atoms with van der Waals surface area (Å²) in [5.74, 6) is 1.04. The number of H-pyrrole nitrogens is 1. The van der Waals surface area contributed by atoms with Crippen LogP contribution in [0.2, 0.25) is 5.02 Å². The summed E-state index contributed by atoms with van der Waals surface area (Å²) in [5.41, 5.74) is 2.74. The van der Waals surface area contributed by atoms with E-state index in [1.54, 1.807) is 7.11 Å². The van der Waals surface area contributed by atoms with Crippen molar-refractivity contribution in [2.24, 2.45) is 0 Å². The van der Waals surface area contributed by atoms with Gasteiger partial charge in [0.2, 0.25) is 5.91 Å². The lowest BCUT2D eigenvalue weighted by molar-refractivity contribution is -0.119. The Bertz CT molecular complexity index is 920. The number of hydrogen-bond acceptors (Lipinski definition) is 3. The van der Waals surface area contributed by atoms with Crippen LogP contribution in [0.5, 0.6) is 5.75 Å². The van der Waals surface area contributed by atoms with Crippen molar-refractivity contribution in [2.75, 3.05) is 7.11 Å². The van der Waals surface area contributed by atoms with Crippen molar-refractivity contribution in [3.05, 3.63) is 62.5 Å². The smallest absolute Gasteiger partial charge is 0.251 e. The lowest BCUT2D eigenvalue weighted by Crippen LogP contribution is -2.28. The molecule has 2 atom stereocenters. The number of ether oxygens (including phenoxy) is 1. The third kappa shape index (κ3) is 3.88. The number of aromatic amines is 1. The molecule has 4 rings (SSSR count). The Hall–Kier alpha value is -2.27. The molecule has 0 spiro atoms. The summed E-state index contributed by atoms with van der Waals surface area (Å²) < 4.78 is 5.37. The SMILES string of the molecule is COc1cc(C(C[C@H]2CCC(=O)N2)c2ccc(C3CC3)c(=O)[nH]2)ccc1Cl. The highest BCUT2D eigenvalue weighted by Crippen LogP contribution is 2.39. The van der Waals surface area contributed by atoms with Gasteiger partial charge >= 0.3 is 0 Å². The molecule has 1 saturated heterocycles. The van der Waals surface area contributed by atoms with Crippen LogP contribution in [0.4, 0.5) is 0 Å². The molecule has 5 nitrogen and oxygen atoms in total. The third-order valence-electron chi connectivity index (χ3n) is 5.54. The standard InChI is InChI=1S/C21H23ClN2O3/c1-27-19-10-13(4-7-17(19)22)16(11-14-5-9-20(25)23-14)18-8-6-15(12-2-3-12)21(26)24-18/h4,6-8,10,12,14,16H,2-3,5,9,11H2,1H3,(H,23,25)(H,24,26)/t14-,16?/m1/s1. The largest absolute Gasteiger partial charge is 0.495 e. The van der Waals surface area contributed by atoms with E-state index in [2.05, 4.69) is 10.3 Å². The number of carbonyl (C=O) groups excluding carboxylic acids is 1. The van der Waals surface area contributed by atoms with Crippen molar-refractivity contribution in [1.29, 1.82) is 0 Å². The van der Waals surface area contributed by atoms with Gasteiger partial charge in [0.1, 0.15) is 5.75 Å². The zero-order chi connectivity index (χ0) is 19.0. The predicted molar refractivity (Wildman–Crippen MR) is 105 cm³/mol. The van der Waals surface area contributed by atoms with E-state index in [4.69, 9.17) is 16.3 Å². The van der Waals surface area contributed by atoms with Crippen LogP contribution in [0, 0.1) is 0 Å². The van der Waals surface area contributed by atoms with Crippen LogP contribution >= 0.6 is 11.6 Å². The fraction of sp³-hybridized carbons (Fsp3) is 0.429. The van der Waals surface area contributed by atoms with Gasteiger partial charge in [-0.1, -0.05) is 23.7 Å². The van der Waals surface area contributed by atoms with E-state index in [0.29, 0.717) is 23.1 Å². The number of halogens is 1. The number of hydrogen-bond donors (Lipinski definition) is 2. The van der Waals surface area contributed by atoms with Gasteiger partial charge in [-0.05, 0) is 55.4 Å². The first-order valence-corrected chi connectivity index (χ1v) is 9.79. The zero-order valence-electron chi connectivity index (χ0n) is 15.3. The van der Waals surface area contributed by atoms with Crippen LogP contribution in [0.1, 0.15) is 60.8 Å². The quantitative estimate of drug-likeness (QED) is 0.794. The maximum absolute atomic E-state index is 12.6. The summed E-state index contributed by atoms with van der Waals surface area (Å²) in [6, 6.07) is 9.75. The second kappa shape index (κ2) is 7.39. The van der Waals surface area contributed by atoms with Gasteiger partial charge < -0.3 is 15.0 Å². The van der Waals surface area contributed by atoms with E-state index in [1.165, 1.54) is 0 Å². The van der Waals surface area contributed by atoms with Crippen LogP contribution < -0.4 is 15.6 Å². The molecular formula is C21H23ClN2O3. The molecule has 2 aliphatic rings. The number of nitrogens with one attached hydrogen (secondary N) is 2. The van der Waals surface area contributed by atoms with Gasteiger partial charge in [0.05, 0.1) is 12.1 Å². The fourth-order valence-electron chi connectivity index (χ4n) is 3.89. The molecule has 1 aliphatic carbocycles. The summed E-state index contributed by atoms with van der Waals surface area (Å²) in [5, 5.41) is 3.58. The molecule has 142 valence electrons. The predicted octanol–water partition coefficient (Wildman–Crippen LogP) is 3.71. The molecule has 1 saturated carbocycles. The summed E-state index contributed by atoms with van der Waals surface area (Å²) in [7, 11) is 1.59. The van der Waals surface area contributed by atoms with E-state index in [0.717, 1.165) is 42.5 Å². The topological polar surface area (TPSA) is 71.2 Å². The summed E-state index contributed by atoms with van der Waals surface area (Å²) in [6.45, 7) is 0. The molecule has 1 unspecified atom stereocenters. The lowest BCUT2D eigenvalue weighted by atomic mass is 9.88. The summed E-state index contributed by atoms with van der Waals surface area (Å²) in [6.07, 6.45) is 4.26. The third-order valence-corrected chi connectivity index (χ3v) is 5.85. The zero-order valence-corrected chi connectivity index (χ0v) is 16.0. The van der Waals surface area contributed by atoms with E-state index >= 15 is 0 Å². The van der Waals surface area contributed by atoms with Gasteiger partial charge in [-0.25, -0.2) is 0 Å². The van der Waals surface area contributed by atoms with Crippen molar-refractivity contribution < 1.29 is 9.53 Å². The maximum atomic E-state index is 12.6. The van der Waals surface area contributed by atoms with Crippen molar-refractivity contribution >= 4 is 17.5 Å². The van der Waals surface area contributed by atoms with Gasteiger partial charge in [-0.2, -0.15) is 0 Å². The Labute approximate surface area is 163 Å². The molecule has 6 heteroatoms. The number of benzene rings is 1. The molecule has 2 N–H and O–H groups in total. The van der Waals surface area contributed by atoms with Crippen LogP contribution in [0.15, 0.2) is 35.1 Å². The highest BCUT2D eigenvalue weighted by atomic mass is 35.5. The molecule has 1 aliphatic heterocycles. The maximum Gasteiger partial charge on any atom is 0.251 e. The summed E-state index contributed by atoms with van der Waals surface area (Å²) >= 11 is 6.18. The minimum Gasteiger partial charge on any atom is -0.495 e. The van der Waals surface area contributed by atoms with Gasteiger partial charge in [0, 0.05) is 29.6 Å². The van der Waals surface area contributed by atoms with Crippen molar-refractivity contribution in [3.8, 4) is 5.75 Å². The van der Waals surface area contributed by atoms with Crippen molar-refractivity contribution in [2.45, 2.75) is 50.0 Å². The normalized spacial score (nSPS) is 20.4. The summed E-state index contributed by atoms with van der Waals surface area (Å²) in [4.78, 5) is 27.3. The minimum absolute atomic E-state index is 0.00335. The first-order chi connectivity index (χ1) is 13.0. The van der Waals surface area contributed by atoms with E-state index in [9.17, 15) is 9.59 Å². The molecule has 2 aromatic rings. The van der Waals surface area contributed by atoms with Gasteiger partial charge in [0.15, 0.2) is 0 Å². The highest BCUT2D eigenvalue weighted by Gasteiger charge is 2.29. The number of rotatable bonds is 6. The van der Waals surface area contributed by atoms with Crippen LogP contribution in [-0.4, -0.2) is 24.0 Å². The molecule has 0 radical (unpaired) electrons. The van der Waals surface area contributed by atoms with Crippen LogP contribution in [0.25, 0.3) is 0 Å². The Morgan fingerprint density at radius 3 is 2.63 bits per heavy atom. The van der Waals surface area contributed by atoms with Crippen LogP contribution in [-0.2, 0) is 4.79 Å². The number of aromatic nitrogens is 1. The van der Waals surface area contributed by atoms with E-state index in [1.807, 2.05) is 30.3 Å². The Morgan fingerprint density at radius 1 is 1.19 bits per heavy atom. The second-order valence-corrected chi connectivity index (χ2v) is 7.86. The number of pyridine rings is 1. The second-order valence-electron chi connectivity index (χ2n) is 7.46. The first-order valence-electron chi connectivity index (χ1n) is 9.41. The minimum atomic E-state index is -0.0551. The molecule has 27 heavy (non-hydrogen) atoms. The van der Waals surface area contributed by atoms with Crippen LogP contribution in [0.3, 0.4) is 0 Å². The van der Waals surface area contributed by atoms with E-state index < -0.39 is 0 Å².